The zero-order valence-electron chi connectivity index (χ0n) is 8.69. The van der Waals surface area contributed by atoms with Gasteiger partial charge in [-0.05, 0) is 19.9 Å². The van der Waals surface area contributed by atoms with Crippen molar-refractivity contribution in [2.45, 2.75) is 13.3 Å². The summed E-state index contributed by atoms with van der Waals surface area (Å²) in [6.07, 6.45) is 0.408. The number of carbonyl (C=O) groups excluding carboxylic acids is 1. The molecule has 0 radical (unpaired) electrons. The minimum atomic E-state index is -3.27. The van der Waals surface area contributed by atoms with Gasteiger partial charge in [0.2, 0.25) is 5.91 Å². The smallest absolute Gasteiger partial charge is 0.237 e. The van der Waals surface area contributed by atoms with Crippen molar-refractivity contribution in [1.29, 1.82) is 0 Å². The molecule has 0 aromatic heterocycles. The Morgan fingerprint density at radius 2 is 2.00 bits per heavy atom. The lowest BCUT2D eigenvalue weighted by molar-refractivity contribution is -0.126. The van der Waals surface area contributed by atoms with Crippen LogP contribution < -0.4 is 5.73 Å². The SMILES string of the molecule is CCN(C)C(=O)CS(=O)(=O)CCCN. The summed E-state index contributed by atoms with van der Waals surface area (Å²) >= 11 is 0. The van der Waals surface area contributed by atoms with Gasteiger partial charge in [-0.1, -0.05) is 0 Å². The van der Waals surface area contributed by atoms with Crippen LogP contribution >= 0.6 is 0 Å². The maximum absolute atomic E-state index is 11.3. The van der Waals surface area contributed by atoms with Crippen LogP contribution in [0.15, 0.2) is 0 Å². The van der Waals surface area contributed by atoms with Crippen LogP contribution in [0.25, 0.3) is 0 Å². The van der Waals surface area contributed by atoms with Gasteiger partial charge in [0.25, 0.3) is 0 Å². The van der Waals surface area contributed by atoms with E-state index in [2.05, 4.69) is 0 Å². The van der Waals surface area contributed by atoms with Crippen molar-refractivity contribution >= 4 is 15.7 Å². The van der Waals surface area contributed by atoms with Crippen LogP contribution in [0.3, 0.4) is 0 Å². The van der Waals surface area contributed by atoms with E-state index in [-0.39, 0.29) is 11.7 Å². The zero-order chi connectivity index (χ0) is 11.2. The molecule has 5 nitrogen and oxygen atoms in total. The Bertz CT molecular complexity index is 274. The van der Waals surface area contributed by atoms with Gasteiger partial charge in [0, 0.05) is 13.6 Å². The highest BCUT2D eigenvalue weighted by Crippen LogP contribution is 1.96. The van der Waals surface area contributed by atoms with E-state index in [0.29, 0.717) is 19.5 Å². The third kappa shape index (κ3) is 5.18. The number of hydrogen-bond acceptors (Lipinski definition) is 4. The number of carbonyl (C=O) groups is 1. The number of nitrogens with zero attached hydrogens (tertiary/aromatic N) is 1. The number of rotatable bonds is 6. The van der Waals surface area contributed by atoms with Gasteiger partial charge < -0.3 is 10.6 Å². The van der Waals surface area contributed by atoms with Crippen molar-refractivity contribution < 1.29 is 13.2 Å². The summed E-state index contributed by atoms with van der Waals surface area (Å²) < 4.78 is 22.6. The highest BCUT2D eigenvalue weighted by atomic mass is 32.2. The molecular formula is C8H18N2O3S. The van der Waals surface area contributed by atoms with Crippen molar-refractivity contribution in [3.8, 4) is 0 Å². The Morgan fingerprint density at radius 1 is 1.43 bits per heavy atom. The van der Waals surface area contributed by atoms with E-state index in [4.69, 9.17) is 5.73 Å². The van der Waals surface area contributed by atoms with E-state index in [1.54, 1.807) is 14.0 Å². The van der Waals surface area contributed by atoms with Crippen LogP contribution in [0.1, 0.15) is 13.3 Å². The van der Waals surface area contributed by atoms with Crippen molar-refractivity contribution in [1.82, 2.24) is 4.90 Å². The topological polar surface area (TPSA) is 80.5 Å². The maximum atomic E-state index is 11.3. The molecular weight excluding hydrogens is 204 g/mol. The molecule has 0 aromatic rings. The quantitative estimate of drug-likeness (QED) is 0.640. The predicted molar refractivity (Wildman–Crippen MR) is 55.6 cm³/mol. The van der Waals surface area contributed by atoms with E-state index < -0.39 is 15.6 Å². The molecule has 14 heavy (non-hydrogen) atoms. The van der Waals surface area contributed by atoms with E-state index in [9.17, 15) is 13.2 Å². The first-order valence-electron chi connectivity index (χ1n) is 4.57. The van der Waals surface area contributed by atoms with Gasteiger partial charge in [-0.25, -0.2) is 8.42 Å². The van der Waals surface area contributed by atoms with Crippen molar-refractivity contribution in [3.05, 3.63) is 0 Å². The third-order valence-electron chi connectivity index (χ3n) is 1.90. The maximum Gasteiger partial charge on any atom is 0.237 e. The van der Waals surface area contributed by atoms with Gasteiger partial charge >= 0.3 is 0 Å². The fraction of sp³-hybridized carbons (Fsp3) is 0.875. The van der Waals surface area contributed by atoms with Gasteiger partial charge in [0.15, 0.2) is 9.84 Å². The molecule has 2 N–H and O–H groups in total. The second-order valence-electron chi connectivity index (χ2n) is 3.14. The van der Waals surface area contributed by atoms with Crippen LogP contribution in [-0.4, -0.2) is 50.9 Å². The molecule has 0 heterocycles. The Morgan fingerprint density at radius 3 is 2.43 bits per heavy atom. The molecule has 0 saturated heterocycles. The first-order valence-corrected chi connectivity index (χ1v) is 6.39. The lowest BCUT2D eigenvalue weighted by atomic mass is 10.5. The number of amides is 1. The summed E-state index contributed by atoms with van der Waals surface area (Å²) in [6, 6.07) is 0. The summed E-state index contributed by atoms with van der Waals surface area (Å²) in [6.45, 7) is 2.65. The minimum absolute atomic E-state index is 0.00715. The second kappa shape index (κ2) is 5.98. The molecule has 6 heteroatoms. The summed E-state index contributed by atoms with van der Waals surface area (Å²) in [5.74, 6) is -0.769. The number of sulfone groups is 1. The first kappa shape index (κ1) is 13.4. The number of nitrogens with two attached hydrogens (primary N) is 1. The van der Waals surface area contributed by atoms with Crippen molar-refractivity contribution in [2.24, 2.45) is 5.73 Å². The van der Waals surface area contributed by atoms with E-state index in [0.717, 1.165) is 0 Å². The van der Waals surface area contributed by atoms with Gasteiger partial charge in [-0.3, -0.25) is 4.79 Å². The molecule has 0 rings (SSSR count). The Labute approximate surface area is 85.2 Å². The molecule has 0 aliphatic heterocycles. The Hall–Kier alpha value is -0.620. The van der Waals surface area contributed by atoms with Crippen LogP contribution in [0.2, 0.25) is 0 Å². The third-order valence-corrected chi connectivity index (χ3v) is 3.50. The van der Waals surface area contributed by atoms with E-state index in [1.165, 1.54) is 4.90 Å². The van der Waals surface area contributed by atoms with Gasteiger partial charge in [-0.2, -0.15) is 0 Å². The highest BCUT2D eigenvalue weighted by molar-refractivity contribution is 7.92. The van der Waals surface area contributed by atoms with Crippen LogP contribution in [0.5, 0.6) is 0 Å². The van der Waals surface area contributed by atoms with Crippen molar-refractivity contribution in [2.75, 3.05) is 31.6 Å². The summed E-state index contributed by atoms with van der Waals surface area (Å²) in [5, 5.41) is 0. The largest absolute Gasteiger partial charge is 0.345 e. The van der Waals surface area contributed by atoms with Crippen molar-refractivity contribution in [3.63, 3.8) is 0 Å². The molecule has 0 aliphatic rings. The average molecular weight is 222 g/mol. The molecule has 0 aromatic carbocycles. The lowest BCUT2D eigenvalue weighted by Crippen LogP contribution is -2.33. The summed E-state index contributed by atoms with van der Waals surface area (Å²) in [5.41, 5.74) is 5.19. The van der Waals surface area contributed by atoms with Gasteiger partial charge in [0.05, 0.1) is 5.75 Å². The number of hydrogen-bond donors (Lipinski definition) is 1. The highest BCUT2D eigenvalue weighted by Gasteiger charge is 2.17. The molecule has 84 valence electrons. The normalized spacial score (nSPS) is 11.4. The molecule has 0 saturated carbocycles. The van der Waals surface area contributed by atoms with E-state index in [1.807, 2.05) is 0 Å². The standard InChI is InChI=1S/C8H18N2O3S/c1-3-10(2)8(11)7-14(12,13)6-4-5-9/h3-7,9H2,1-2H3. The lowest BCUT2D eigenvalue weighted by Gasteiger charge is -2.14. The minimum Gasteiger partial charge on any atom is -0.345 e. The fourth-order valence-electron chi connectivity index (χ4n) is 0.850. The van der Waals surface area contributed by atoms with Gasteiger partial charge in [0.1, 0.15) is 5.75 Å². The molecule has 1 amide bonds. The molecule has 0 spiro atoms. The molecule has 0 bridgehead atoms. The van der Waals surface area contributed by atoms with Gasteiger partial charge in [-0.15, -0.1) is 0 Å². The fourth-order valence-corrected chi connectivity index (χ4v) is 2.20. The molecule has 0 fully saturated rings. The molecule has 0 atom stereocenters. The second-order valence-corrected chi connectivity index (χ2v) is 5.33. The molecule has 0 unspecified atom stereocenters. The Kier molecular flexibility index (Phi) is 5.71. The molecule has 0 aliphatic carbocycles. The van der Waals surface area contributed by atoms with Crippen LogP contribution in [0.4, 0.5) is 0 Å². The predicted octanol–water partition coefficient (Wildman–Crippen LogP) is -0.772. The monoisotopic (exact) mass is 222 g/mol. The van der Waals surface area contributed by atoms with Crippen LogP contribution in [0, 0.1) is 0 Å². The average Bonchev–Trinajstić information content (AvgIpc) is 2.12. The summed E-state index contributed by atoms with van der Waals surface area (Å²) in [4.78, 5) is 12.7. The van der Waals surface area contributed by atoms with Crippen LogP contribution in [-0.2, 0) is 14.6 Å². The Balaban J connectivity index is 4.16. The first-order chi connectivity index (χ1) is 6.43. The zero-order valence-corrected chi connectivity index (χ0v) is 9.51. The van der Waals surface area contributed by atoms with E-state index >= 15 is 0 Å². The summed E-state index contributed by atoms with van der Waals surface area (Å²) in [7, 11) is -1.69.